The topological polar surface area (TPSA) is 101 Å². The molecule has 1 aliphatic rings. The zero-order valence-electron chi connectivity index (χ0n) is 18.8. The zero-order chi connectivity index (χ0) is 25.3. The highest BCUT2D eigenvalue weighted by molar-refractivity contribution is 6.23. The van der Waals surface area contributed by atoms with E-state index < -0.39 is 35.7 Å². The quantitative estimate of drug-likeness (QED) is 0.603. The van der Waals surface area contributed by atoms with Crippen molar-refractivity contribution in [3.8, 4) is 5.75 Å². The molecule has 4 amide bonds. The third-order valence-corrected chi connectivity index (χ3v) is 4.97. The van der Waals surface area contributed by atoms with Gasteiger partial charge in [-0.05, 0) is 63.6 Å². The Hall–Kier alpha value is -3.83. The highest BCUT2D eigenvalue weighted by atomic mass is 19.4. The number of nitrogens with zero attached hydrogens (tertiary/aromatic N) is 3. The van der Waals surface area contributed by atoms with E-state index in [1.54, 1.807) is 33.8 Å². The number of urea groups is 1. The van der Waals surface area contributed by atoms with Crippen LogP contribution in [0.4, 0.5) is 34.1 Å². The molecule has 2 heterocycles. The molecule has 1 aromatic heterocycles. The Bertz CT molecular complexity index is 1090. The SMILES string of the molecule is CC(C)OC(=O)Nc1cnccc1CN1C(=O)N(c2ccc(OC(F)(F)F)cc2)C(=O)C1(C)C. The van der Waals surface area contributed by atoms with Gasteiger partial charge in [-0.2, -0.15) is 0 Å². The third-order valence-electron chi connectivity index (χ3n) is 4.97. The first-order chi connectivity index (χ1) is 15.8. The molecule has 1 aliphatic heterocycles. The Kier molecular flexibility index (Phi) is 6.71. The van der Waals surface area contributed by atoms with E-state index in [1.807, 2.05) is 0 Å². The summed E-state index contributed by atoms with van der Waals surface area (Å²) in [7, 11) is 0. The number of carbonyl (C=O) groups is 3. The first-order valence-electron chi connectivity index (χ1n) is 10.2. The summed E-state index contributed by atoms with van der Waals surface area (Å²) < 4.78 is 46.1. The second-order valence-electron chi connectivity index (χ2n) is 8.22. The van der Waals surface area contributed by atoms with Gasteiger partial charge in [0, 0.05) is 6.20 Å². The Morgan fingerprint density at radius 1 is 1.15 bits per heavy atom. The summed E-state index contributed by atoms with van der Waals surface area (Å²) in [5.74, 6) is -1.04. The molecular formula is C22H23F3N4O5. The van der Waals surface area contributed by atoms with Gasteiger partial charge in [-0.3, -0.25) is 15.1 Å². The minimum absolute atomic E-state index is 0.0524. The Labute approximate surface area is 193 Å². The highest BCUT2D eigenvalue weighted by Crippen LogP contribution is 2.35. The monoisotopic (exact) mass is 480 g/mol. The van der Waals surface area contributed by atoms with Crippen molar-refractivity contribution in [2.45, 2.75) is 52.2 Å². The summed E-state index contributed by atoms with van der Waals surface area (Å²) >= 11 is 0. The van der Waals surface area contributed by atoms with Crippen LogP contribution in [-0.4, -0.2) is 45.9 Å². The van der Waals surface area contributed by atoms with Crippen LogP contribution in [-0.2, 0) is 16.1 Å². The van der Waals surface area contributed by atoms with Crippen LogP contribution in [0.1, 0.15) is 33.3 Å². The minimum atomic E-state index is -4.86. The third kappa shape index (κ3) is 5.38. The number of alkyl halides is 3. The van der Waals surface area contributed by atoms with E-state index in [0.29, 0.717) is 11.3 Å². The normalized spacial score (nSPS) is 15.6. The van der Waals surface area contributed by atoms with Gasteiger partial charge in [-0.1, -0.05) is 0 Å². The van der Waals surface area contributed by atoms with Crippen LogP contribution in [0.5, 0.6) is 5.75 Å². The molecule has 0 bridgehead atoms. The van der Waals surface area contributed by atoms with Crippen LogP contribution in [0.2, 0.25) is 0 Å². The second-order valence-corrected chi connectivity index (χ2v) is 8.22. The number of benzene rings is 1. The average Bonchev–Trinajstić information content (AvgIpc) is 2.88. The fourth-order valence-corrected chi connectivity index (χ4v) is 3.32. The Morgan fingerprint density at radius 3 is 2.38 bits per heavy atom. The van der Waals surface area contributed by atoms with E-state index in [2.05, 4.69) is 15.0 Å². The maximum absolute atomic E-state index is 13.2. The predicted molar refractivity (Wildman–Crippen MR) is 115 cm³/mol. The van der Waals surface area contributed by atoms with E-state index in [-0.39, 0.29) is 18.3 Å². The maximum atomic E-state index is 13.2. The van der Waals surface area contributed by atoms with E-state index in [1.165, 1.54) is 29.4 Å². The molecule has 2 aromatic rings. The number of carbonyl (C=O) groups excluding carboxylic acids is 3. The summed E-state index contributed by atoms with van der Waals surface area (Å²) in [6.07, 6.45) is -3.05. The summed E-state index contributed by atoms with van der Waals surface area (Å²) in [5.41, 5.74) is -0.386. The largest absolute Gasteiger partial charge is 0.573 e. The molecule has 1 N–H and O–H groups in total. The van der Waals surface area contributed by atoms with Gasteiger partial charge in [0.25, 0.3) is 5.91 Å². The van der Waals surface area contributed by atoms with Crippen molar-refractivity contribution in [1.29, 1.82) is 0 Å². The first-order valence-corrected chi connectivity index (χ1v) is 10.2. The van der Waals surface area contributed by atoms with Gasteiger partial charge >= 0.3 is 18.5 Å². The smallest absolute Gasteiger partial charge is 0.447 e. The number of halogens is 3. The van der Waals surface area contributed by atoms with Gasteiger partial charge < -0.3 is 14.4 Å². The molecule has 9 nitrogen and oxygen atoms in total. The standard InChI is InChI=1S/C22H23F3N4O5/c1-13(2)33-19(31)27-17-11-26-10-9-14(17)12-28-20(32)29(18(30)21(28,3)4)15-5-7-16(8-6-15)34-22(23,24)25/h5-11,13H,12H2,1-4H3,(H,27,31). The molecular weight excluding hydrogens is 457 g/mol. The van der Waals surface area contributed by atoms with Crippen LogP contribution in [0.3, 0.4) is 0 Å². The fourth-order valence-electron chi connectivity index (χ4n) is 3.32. The Balaban J connectivity index is 1.84. The molecule has 0 spiro atoms. The van der Waals surface area contributed by atoms with Crippen molar-refractivity contribution in [2.75, 3.05) is 10.2 Å². The second kappa shape index (κ2) is 9.20. The maximum Gasteiger partial charge on any atom is 0.573 e. The van der Waals surface area contributed by atoms with Gasteiger partial charge in [0.2, 0.25) is 0 Å². The Morgan fingerprint density at radius 2 is 1.79 bits per heavy atom. The lowest BCUT2D eigenvalue weighted by molar-refractivity contribution is -0.274. The van der Waals surface area contributed by atoms with Crippen LogP contribution in [0.25, 0.3) is 0 Å². The van der Waals surface area contributed by atoms with E-state index in [0.717, 1.165) is 17.0 Å². The summed E-state index contributed by atoms with van der Waals surface area (Å²) in [6, 6.07) is 5.33. The molecule has 1 saturated heterocycles. The van der Waals surface area contributed by atoms with Crippen LogP contribution in [0.15, 0.2) is 42.7 Å². The lowest BCUT2D eigenvalue weighted by Gasteiger charge is -2.28. The number of amides is 4. The van der Waals surface area contributed by atoms with Gasteiger partial charge in [0.15, 0.2) is 0 Å². The number of pyridine rings is 1. The number of hydrogen-bond donors (Lipinski definition) is 1. The highest BCUT2D eigenvalue weighted by Gasteiger charge is 2.52. The molecule has 1 aromatic carbocycles. The van der Waals surface area contributed by atoms with Crippen LogP contribution < -0.4 is 15.0 Å². The fraction of sp³-hybridized carbons (Fsp3) is 0.364. The molecule has 34 heavy (non-hydrogen) atoms. The number of nitrogens with one attached hydrogen (secondary N) is 1. The molecule has 1 fully saturated rings. The predicted octanol–water partition coefficient (Wildman–Crippen LogP) is 4.68. The summed E-state index contributed by atoms with van der Waals surface area (Å²) in [5, 5.41) is 2.57. The van der Waals surface area contributed by atoms with Crippen LogP contribution >= 0.6 is 0 Å². The summed E-state index contributed by atoms with van der Waals surface area (Å²) in [4.78, 5) is 44.5. The number of anilines is 2. The number of ether oxygens (including phenoxy) is 2. The van der Waals surface area contributed by atoms with Crippen molar-refractivity contribution < 1.29 is 37.0 Å². The van der Waals surface area contributed by atoms with Gasteiger partial charge in [0.05, 0.1) is 30.2 Å². The first kappa shape index (κ1) is 24.8. The number of imide groups is 1. The molecule has 0 saturated carbocycles. The molecule has 12 heteroatoms. The summed E-state index contributed by atoms with van der Waals surface area (Å²) in [6.45, 7) is 6.43. The number of hydrogen-bond acceptors (Lipinski definition) is 6. The van der Waals surface area contributed by atoms with Gasteiger partial charge in [-0.25, -0.2) is 14.5 Å². The number of rotatable bonds is 6. The van der Waals surface area contributed by atoms with Crippen molar-refractivity contribution in [2.24, 2.45) is 0 Å². The van der Waals surface area contributed by atoms with Gasteiger partial charge in [0.1, 0.15) is 11.3 Å². The minimum Gasteiger partial charge on any atom is -0.447 e. The van der Waals surface area contributed by atoms with Gasteiger partial charge in [-0.15, -0.1) is 13.2 Å². The van der Waals surface area contributed by atoms with Crippen molar-refractivity contribution in [3.05, 3.63) is 48.3 Å². The lowest BCUT2D eigenvalue weighted by atomic mass is 10.0. The zero-order valence-corrected chi connectivity index (χ0v) is 18.8. The van der Waals surface area contributed by atoms with E-state index in [9.17, 15) is 27.6 Å². The molecule has 0 atom stereocenters. The number of aromatic nitrogens is 1. The van der Waals surface area contributed by atoms with E-state index >= 15 is 0 Å². The van der Waals surface area contributed by atoms with Crippen LogP contribution in [0, 0.1) is 0 Å². The molecule has 3 rings (SSSR count). The van der Waals surface area contributed by atoms with Crippen molar-refractivity contribution in [3.63, 3.8) is 0 Å². The molecule has 0 aliphatic carbocycles. The molecule has 0 radical (unpaired) electrons. The lowest BCUT2D eigenvalue weighted by Crippen LogP contribution is -2.43. The average molecular weight is 480 g/mol. The van der Waals surface area contributed by atoms with Crippen molar-refractivity contribution >= 4 is 29.4 Å². The van der Waals surface area contributed by atoms with Crippen molar-refractivity contribution in [1.82, 2.24) is 9.88 Å². The molecule has 182 valence electrons. The molecule has 0 unspecified atom stereocenters. The van der Waals surface area contributed by atoms with E-state index in [4.69, 9.17) is 4.74 Å².